The minimum atomic E-state index is -0.000830. The quantitative estimate of drug-likeness (QED) is 0.580. The number of piperidine rings is 1. The fourth-order valence-electron chi connectivity index (χ4n) is 3.08. The SMILES string of the molecule is O=C(Nc1ccc(I)cc1)[C@H]1CCCN(Cc2ccc(Cl)cc2Cl)C1. The van der Waals surface area contributed by atoms with Gasteiger partial charge in [0.1, 0.15) is 0 Å². The van der Waals surface area contributed by atoms with Gasteiger partial charge in [-0.25, -0.2) is 0 Å². The molecule has 1 heterocycles. The van der Waals surface area contributed by atoms with Gasteiger partial charge in [-0.3, -0.25) is 9.69 Å². The molecule has 0 unspecified atom stereocenters. The van der Waals surface area contributed by atoms with Crippen LogP contribution in [0.15, 0.2) is 42.5 Å². The monoisotopic (exact) mass is 488 g/mol. The molecule has 0 bridgehead atoms. The summed E-state index contributed by atoms with van der Waals surface area (Å²) in [6.07, 6.45) is 1.93. The highest BCUT2D eigenvalue weighted by atomic mass is 127. The van der Waals surface area contributed by atoms with E-state index in [4.69, 9.17) is 23.2 Å². The highest BCUT2D eigenvalue weighted by molar-refractivity contribution is 14.1. The van der Waals surface area contributed by atoms with Crippen LogP contribution in [-0.2, 0) is 11.3 Å². The van der Waals surface area contributed by atoms with Crippen molar-refractivity contribution in [1.82, 2.24) is 4.90 Å². The normalized spacial score (nSPS) is 18.1. The lowest BCUT2D eigenvalue weighted by Gasteiger charge is -2.32. The van der Waals surface area contributed by atoms with Crippen LogP contribution in [-0.4, -0.2) is 23.9 Å². The van der Waals surface area contributed by atoms with E-state index in [-0.39, 0.29) is 11.8 Å². The van der Waals surface area contributed by atoms with Crippen LogP contribution in [0.4, 0.5) is 5.69 Å². The molecule has 1 N–H and O–H groups in total. The van der Waals surface area contributed by atoms with E-state index in [0.717, 1.165) is 47.3 Å². The van der Waals surface area contributed by atoms with Crippen molar-refractivity contribution in [3.63, 3.8) is 0 Å². The smallest absolute Gasteiger partial charge is 0.228 e. The van der Waals surface area contributed by atoms with E-state index >= 15 is 0 Å². The molecule has 1 aliphatic rings. The Morgan fingerprint density at radius 1 is 1.20 bits per heavy atom. The second-order valence-corrected chi connectivity index (χ2v) is 8.40. The Labute approximate surface area is 171 Å². The number of hydrogen-bond acceptors (Lipinski definition) is 2. The maximum absolute atomic E-state index is 12.6. The maximum atomic E-state index is 12.6. The van der Waals surface area contributed by atoms with Crippen molar-refractivity contribution in [3.05, 3.63) is 61.6 Å². The van der Waals surface area contributed by atoms with Gasteiger partial charge in [0.15, 0.2) is 0 Å². The van der Waals surface area contributed by atoms with Crippen LogP contribution in [0.5, 0.6) is 0 Å². The molecule has 3 nitrogen and oxygen atoms in total. The summed E-state index contributed by atoms with van der Waals surface area (Å²) in [6.45, 7) is 2.46. The van der Waals surface area contributed by atoms with Crippen LogP contribution in [0.2, 0.25) is 10.0 Å². The highest BCUT2D eigenvalue weighted by Gasteiger charge is 2.26. The first-order chi connectivity index (χ1) is 12.0. The van der Waals surface area contributed by atoms with Gasteiger partial charge in [0, 0.05) is 32.4 Å². The molecule has 1 aliphatic heterocycles. The van der Waals surface area contributed by atoms with E-state index < -0.39 is 0 Å². The molecule has 1 saturated heterocycles. The predicted octanol–water partition coefficient (Wildman–Crippen LogP) is 5.45. The molecule has 2 aromatic carbocycles. The molecular weight excluding hydrogens is 470 g/mol. The number of nitrogens with zero attached hydrogens (tertiary/aromatic N) is 1. The van der Waals surface area contributed by atoms with E-state index in [1.54, 1.807) is 6.07 Å². The van der Waals surface area contributed by atoms with Gasteiger partial charge in [0.2, 0.25) is 5.91 Å². The number of rotatable bonds is 4. The summed E-state index contributed by atoms with van der Waals surface area (Å²) in [5.74, 6) is 0.0900. The third-order valence-corrected chi connectivity index (χ3v) is 5.70. The Morgan fingerprint density at radius 2 is 1.96 bits per heavy atom. The summed E-state index contributed by atoms with van der Waals surface area (Å²) in [7, 11) is 0. The van der Waals surface area contributed by atoms with Crippen LogP contribution >= 0.6 is 45.8 Å². The molecule has 132 valence electrons. The summed E-state index contributed by atoms with van der Waals surface area (Å²) in [5.41, 5.74) is 1.90. The first kappa shape index (κ1) is 19.0. The van der Waals surface area contributed by atoms with Crippen molar-refractivity contribution in [1.29, 1.82) is 0 Å². The van der Waals surface area contributed by atoms with E-state index in [1.807, 2.05) is 36.4 Å². The van der Waals surface area contributed by atoms with Gasteiger partial charge < -0.3 is 5.32 Å². The van der Waals surface area contributed by atoms with Crippen LogP contribution < -0.4 is 5.32 Å². The number of nitrogens with one attached hydrogen (secondary N) is 1. The molecule has 1 atom stereocenters. The van der Waals surface area contributed by atoms with Crippen LogP contribution in [0.25, 0.3) is 0 Å². The topological polar surface area (TPSA) is 32.3 Å². The summed E-state index contributed by atoms with van der Waals surface area (Å²) >= 11 is 14.5. The van der Waals surface area contributed by atoms with Gasteiger partial charge in [0.25, 0.3) is 0 Å². The minimum Gasteiger partial charge on any atom is -0.326 e. The zero-order valence-corrected chi connectivity index (χ0v) is 17.3. The Bertz CT molecular complexity index is 752. The second-order valence-electron chi connectivity index (χ2n) is 6.31. The van der Waals surface area contributed by atoms with E-state index in [0.29, 0.717) is 10.0 Å². The molecular formula is C19H19Cl2IN2O. The number of anilines is 1. The van der Waals surface area contributed by atoms with Gasteiger partial charge >= 0.3 is 0 Å². The number of carbonyl (C=O) groups is 1. The first-order valence-electron chi connectivity index (χ1n) is 8.24. The summed E-state index contributed by atoms with van der Waals surface area (Å²) < 4.78 is 1.15. The van der Waals surface area contributed by atoms with Crippen molar-refractivity contribution in [2.75, 3.05) is 18.4 Å². The van der Waals surface area contributed by atoms with Crippen LogP contribution in [0.1, 0.15) is 18.4 Å². The molecule has 25 heavy (non-hydrogen) atoms. The zero-order chi connectivity index (χ0) is 17.8. The van der Waals surface area contributed by atoms with E-state index in [9.17, 15) is 4.79 Å². The number of hydrogen-bond donors (Lipinski definition) is 1. The number of amides is 1. The Kier molecular flexibility index (Phi) is 6.61. The summed E-state index contributed by atoms with van der Waals surface area (Å²) in [6, 6.07) is 13.4. The van der Waals surface area contributed by atoms with Crippen molar-refractivity contribution in [2.45, 2.75) is 19.4 Å². The lowest BCUT2D eigenvalue weighted by atomic mass is 9.96. The second kappa shape index (κ2) is 8.71. The lowest BCUT2D eigenvalue weighted by molar-refractivity contribution is -0.121. The number of halogens is 3. The Hall–Kier alpha value is -0.820. The van der Waals surface area contributed by atoms with Crippen molar-refractivity contribution in [2.24, 2.45) is 5.92 Å². The molecule has 2 aromatic rings. The van der Waals surface area contributed by atoms with E-state index in [2.05, 4.69) is 32.8 Å². The molecule has 3 rings (SSSR count). The maximum Gasteiger partial charge on any atom is 0.228 e. The van der Waals surface area contributed by atoms with Gasteiger partial charge in [-0.05, 0) is 83.9 Å². The number of benzene rings is 2. The first-order valence-corrected chi connectivity index (χ1v) is 10.1. The standard InChI is InChI=1S/C19H19Cl2IN2O/c20-15-4-3-13(18(21)10-15)11-24-9-1-2-14(12-24)19(25)23-17-7-5-16(22)6-8-17/h3-8,10,14H,1-2,9,11-12H2,(H,23,25)/t14-/m0/s1. The number of carbonyl (C=O) groups excluding carboxylic acids is 1. The van der Waals surface area contributed by atoms with Gasteiger partial charge in [-0.15, -0.1) is 0 Å². The van der Waals surface area contributed by atoms with Crippen LogP contribution in [0.3, 0.4) is 0 Å². The number of likely N-dealkylation sites (tertiary alicyclic amines) is 1. The highest BCUT2D eigenvalue weighted by Crippen LogP contribution is 2.25. The fraction of sp³-hybridized carbons (Fsp3) is 0.316. The van der Waals surface area contributed by atoms with Gasteiger partial charge in [-0.1, -0.05) is 29.3 Å². The van der Waals surface area contributed by atoms with Crippen molar-refractivity contribution < 1.29 is 4.79 Å². The largest absolute Gasteiger partial charge is 0.326 e. The predicted molar refractivity (Wildman–Crippen MR) is 112 cm³/mol. The van der Waals surface area contributed by atoms with E-state index in [1.165, 1.54) is 0 Å². The third-order valence-electron chi connectivity index (χ3n) is 4.40. The summed E-state index contributed by atoms with van der Waals surface area (Å²) in [4.78, 5) is 14.9. The fourth-order valence-corrected chi connectivity index (χ4v) is 3.91. The van der Waals surface area contributed by atoms with Gasteiger partial charge in [0.05, 0.1) is 5.92 Å². The minimum absolute atomic E-state index is 0.000830. The average molecular weight is 489 g/mol. The van der Waals surface area contributed by atoms with Crippen molar-refractivity contribution >= 4 is 57.4 Å². The molecule has 0 spiro atoms. The Morgan fingerprint density at radius 3 is 2.68 bits per heavy atom. The van der Waals surface area contributed by atoms with Gasteiger partial charge in [-0.2, -0.15) is 0 Å². The van der Waals surface area contributed by atoms with Crippen molar-refractivity contribution in [3.8, 4) is 0 Å². The molecule has 0 saturated carbocycles. The molecule has 1 fully saturated rings. The lowest BCUT2D eigenvalue weighted by Crippen LogP contribution is -2.40. The van der Waals surface area contributed by atoms with Crippen LogP contribution in [0, 0.1) is 9.49 Å². The molecule has 0 radical (unpaired) electrons. The Balaban J connectivity index is 1.60. The summed E-state index contributed by atoms with van der Waals surface area (Å²) in [5, 5.41) is 4.35. The molecule has 0 aliphatic carbocycles. The molecule has 6 heteroatoms. The third kappa shape index (κ3) is 5.33. The molecule has 0 aromatic heterocycles. The average Bonchev–Trinajstić information content (AvgIpc) is 2.60. The zero-order valence-electron chi connectivity index (χ0n) is 13.6. The molecule has 1 amide bonds.